The molecular weight excluding hydrogens is 509 g/mol. The number of thioether (sulfide) groups is 1. The molecular formula is C18H20BrClFNO7S. The van der Waals surface area contributed by atoms with E-state index in [1.807, 2.05) is 0 Å². The van der Waals surface area contributed by atoms with E-state index >= 15 is 0 Å². The molecule has 0 aromatic heterocycles. The Morgan fingerprint density at radius 3 is 2.30 bits per heavy atom. The van der Waals surface area contributed by atoms with Crippen molar-refractivity contribution >= 4 is 57.2 Å². The predicted molar refractivity (Wildman–Crippen MR) is 109 cm³/mol. The van der Waals surface area contributed by atoms with Crippen LogP contribution in [0.4, 0.5) is 4.39 Å². The van der Waals surface area contributed by atoms with Crippen LogP contribution in [0, 0.1) is 5.82 Å². The van der Waals surface area contributed by atoms with Crippen molar-refractivity contribution in [2.45, 2.75) is 55.5 Å². The molecule has 1 fully saturated rings. The number of rotatable bonds is 6. The molecule has 0 saturated carbocycles. The van der Waals surface area contributed by atoms with E-state index in [4.69, 9.17) is 36.3 Å². The molecule has 5 unspecified atom stereocenters. The summed E-state index contributed by atoms with van der Waals surface area (Å²) in [7, 11) is 0. The maximum Gasteiger partial charge on any atom is 0.303 e. The molecule has 0 aliphatic carbocycles. The fourth-order valence-electron chi connectivity index (χ4n) is 2.78. The number of ether oxygens (including phenoxy) is 4. The number of carbonyl (C=O) groups is 3. The number of nitrogens with two attached hydrogens (primary N) is 1. The van der Waals surface area contributed by atoms with Gasteiger partial charge >= 0.3 is 17.9 Å². The molecule has 166 valence electrons. The first-order valence-electron chi connectivity index (χ1n) is 8.69. The van der Waals surface area contributed by atoms with E-state index in [2.05, 4.69) is 15.9 Å². The number of hydrogen-bond donors (Lipinski definition) is 1. The molecule has 1 saturated heterocycles. The summed E-state index contributed by atoms with van der Waals surface area (Å²) in [5.41, 5.74) is 5.38. The van der Waals surface area contributed by atoms with Crippen molar-refractivity contribution in [2.24, 2.45) is 5.73 Å². The van der Waals surface area contributed by atoms with E-state index in [0.717, 1.165) is 11.8 Å². The average molecular weight is 529 g/mol. The van der Waals surface area contributed by atoms with Gasteiger partial charge in [-0.25, -0.2) is 4.39 Å². The molecule has 2 N–H and O–H groups in total. The molecule has 1 heterocycles. The van der Waals surface area contributed by atoms with Crippen LogP contribution in [0.5, 0.6) is 0 Å². The van der Waals surface area contributed by atoms with Gasteiger partial charge in [-0.05, 0) is 28.1 Å². The first kappa shape index (κ1) is 24.9. The van der Waals surface area contributed by atoms with Gasteiger partial charge in [0.2, 0.25) is 0 Å². The van der Waals surface area contributed by atoms with E-state index in [-0.39, 0.29) is 16.1 Å². The second-order valence-corrected chi connectivity index (χ2v) is 8.82. The lowest BCUT2D eigenvalue weighted by Crippen LogP contribution is -2.63. The van der Waals surface area contributed by atoms with Gasteiger partial charge in [0, 0.05) is 25.7 Å². The highest BCUT2D eigenvalue weighted by Gasteiger charge is 2.48. The van der Waals surface area contributed by atoms with Crippen LogP contribution in [-0.4, -0.2) is 54.3 Å². The lowest BCUT2D eigenvalue weighted by Gasteiger charge is -2.43. The van der Waals surface area contributed by atoms with Crippen molar-refractivity contribution in [3.63, 3.8) is 0 Å². The van der Waals surface area contributed by atoms with Gasteiger partial charge in [0.1, 0.15) is 24.3 Å². The quantitative estimate of drug-likeness (QED) is 0.338. The van der Waals surface area contributed by atoms with Crippen LogP contribution in [0.25, 0.3) is 0 Å². The van der Waals surface area contributed by atoms with E-state index < -0.39 is 53.5 Å². The largest absolute Gasteiger partial charge is 0.463 e. The van der Waals surface area contributed by atoms with Crippen LogP contribution in [0.3, 0.4) is 0 Å². The number of carbonyl (C=O) groups excluding carboxylic acids is 3. The number of hydrogen-bond acceptors (Lipinski definition) is 9. The minimum atomic E-state index is -1.04. The fourth-order valence-corrected chi connectivity index (χ4v) is 5.00. The molecule has 1 aromatic rings. The Hall–Kier alpha value is -1.40. The van der Waals surface area contributed by atoms with Crippen LogP contribution in [0.1, 0.15) is 20.8 Å². The van der Waals surface area contributed by atoms with Crippen LogP contribution in [0.2, 0.25) is 5.02 Å². The molecule has 5 atom stereocenters. The summed E-state index contributed by atoms with van der Waals surface area (Å²) in [5, 5.41) is -0.120. The standard InChI is InChI=1S/C18H20BrClFNO7S/c1-7(23)26-6-13-16(27-8(2)24)15(22)17(28-9(3)25)18(29-13)30-10-4-11(19)14(21)12(20)5-10/h4-5,13,15-18H,6,22H2,1-3H3. The smallest absolute Gasteiger partial charge is 0.303 e. The first-order chi connectivity index (χ1) is 14.0. The second kappa shape index (κ2) is 10.8. The fraction of sp³-hybridized carbons (Fsp3) is 0.500. The molecule has 30 heavy (non-hydrogen) atoms. The monoisotopic (exact) mass is 527 g/mol. The lowest BCUT2D eigenvalue weighted by molar-refractivity contribution is -0.201. The highest BCUT2D eigenvalue weighted by Crippen LogP contribution is 2.38. The summed E-state index contributed by atoms with van der Waals surface area (Å²) >= 11 is 10.0. The van der Waals surface area contributed by atoms with E-state index in [0.29, 0.717) is 4.90 Å². The normalized spacial score (nSPS) is 26.0. The zero-order valence-electron chi connectivity index (χ0n) is 16.2. The Labute approximate surface area is 190 Å². The van der Waals surface area contributed by atoms with E-state index in [1.54, 1.807) is 0 Å². The van der Waals surface area contributed by atoms with Crippen molar-refractivity contribution in [3.8, 4) is 0 Å². The summed E-state index contributed by atoms with van der Waals surface area (Å²) in [5.74, 6) is -2.44. The molecule has 0 bridgehead atoms. The predicted octanol–water partition coefficient (Wildman–Crippen LogP) is 2.81. The molecule has 12 heteroatoms. The molecule has 1 aliphatic rings. The van der Waals surface area contributed by atoms with Crippen LogP contribution in [0.15, 0.2) is 21.5 Å². The van der Waals surface area contributed by atoms with Gasteiger partial charge in [-0.3, -0.25) is 14.4 Å². The molecule has 1 aromatic carbocycles. The van der Waals surface area contributed by atoms with Gasteiger partial charge in [0.25, 0.3) is 0 Å². The Morgan fingerprint density at radius 2 is 1.77 bits per heavy atom. The summed E-state index contributed by atoms with van der Waals surface area (Å²) in [6.07, 6.45) is -2.98. The Morgan fingerprint density at radius 1 is 1.17 bits per heavy atom. The Kier molecular flexibility index (Phi) is 8.92. The van der Waals surface area contributed by atoms with Gasteiger partial charge in [-0.15, -0.1) is 0 Å². The maximum absolute atomic E-state index is 13.8. The maximum atomic E-state index is 13.8. The molecule has 0 radical (unpaired) electrons. The van der Waals surface area contributed by atoms with Crippen molar-refractivity contribution in [2.75, 3.05) is 6.61 Å². The van der Waals surface area contributed by atoms with E-state index in [9.17, 15) is 18.8 Å². The molecule has 2 rings (SSSR count). The minimum Gasteiger partial charge on any atom is -0.463 e. The number of halogens is 3. The van der Waals surface area contributed by atoms with Crippen molar-refractivity contribution < 1.29 is 37.7 Å². The highest BCUT2D eigenvalue weighted by atomic mass is 79.9. The average Bonchev–Trinajstić information content (AvgIpc) is 2.63. The summed E-state index contributed by atoms with van der Waals surface area (Å²) in [6, 6.07) is 1.87. The first-order valence-corrected chi connectivity index (χ1v) is 10.7. The number of esters is 3. The topological polar surface area (TPSA) is 114 Å². The lowest BCUT2D eigenvalue weighted by atomic mass is 9.97. The van der Waals surface area contributed by atoms with Crippen LogP contribution < -0.4 is 5.73 Å². The van der Waals surface area contributed by atoms with Crippen molar-refractivity contribution in [1.82, 2.24) is 0 Å². The third kappa shape index (κ3) is 6.55. The summed E-state index contributed by atoms with van der Waals surface area (Å²) in [6.45, 7) is 3.37. The van der Waals surface area contributed by atoms with Crippen molar-refractivity contribution in [3.05, 3.63) is 27.4 Å². The second-order valence-electron chi connectivity index (χ2n) is 6.39. The minimum absolute atomic E-state index is 0.120. The Bertz CT molecular complexity index is 805. The van der Waals surface area contributed by atoms with Crippen molar-refractivity contribution in [1.29, 1.82) is 0 Å². The molecule has 8 nitrogen and oxygen atoms in total. The van der Waals surface area contributed by atoms with Gasteiger partial charge in [0.15, 0.2) is 11.9 Å². The molecule has 1 aliphatic heterocycles. The Balaban J connectivity index is 2.35. The molecule has 0 amide bonds. The van der Waals surface area contributed by atoms with Gasteiger partial charge in [-0.1, -0.05) is 23.4 Å². The summed E-state index contributed by atoms with van der Waals surface area (Å²) < 4.78 is 35.5. The molecule has 0 spiro atoms. The highest BCUT2D eigenvalue weighted by molar-refractivity contribution is 9.10. The number of benzene rings is 1. The SMILES string of the molecule is CC(=O)OCC1OC(Sc2cc(Cl)c(F)c(Br)c2)C(OC(C)=O)C(N)C1OC(C)=O. The zero-order valence-corrected chi connectivity index (χ0v) is 19.4. The third-order valence-corrected chi connectivity index (χ3v) is 5.94. The van der Waals surface area contributed by atoms with E-state index in [1.165, 1.54) is 32.9 Å². The van der Waals surface area contributed by atoms with Crippen LogP contribution in [-0.2, 0) is 33.3 Å². The van der Waals surface area contributed by atoms with Crippen LogP contribution >= 0.6 is 39.3 Å². The summed E-state index contributed by atoms with van der Waals surface area (Å²) in [4.78, 5) is 34.9. The third-order valence-electron chi connectivity index (χ3n) is 3.97. The zero-order chi connectivity index (χ0) is 22.6. The van der Waals surface area contributed by atoms with Gasteiger partial charge < -0.3 is 24.7 Å². The van der Waals surface area contributed by atoms with Gasteiger partial charge in [-0.2, -0.15) is 0 Å². The van der Waals surface area contributed by atoms with Gasteiger partial charge in [0.05, 0.1) is 15.5 Å².